The minimum atomic E-state index is -0.891. The number of rotatable bonds is 3. The first-order valence-electron chi connectivity index (χ1n) is 8.79. The lowest BCUT2D eigenvalue weighted by Crippen LogP contribution is -2.12. The largest absolute Gasteiger partial charge is 0.478 e. The number of fused-ring (bicyclic) bond motifs is 1. The summed E-state index contributed by atoms with van der Waals surface area (Å²) >= 11 is 0. The molecule has 4 rings (SSSR count). The van der Waals surface area contributed by atoms with Gasteiger partial charge < -0.3 is 9.67 Å². The van der Waals surface area contributed by atoms with Crippen LogP contribution in [0.3, 0.4) is 0 Å². The first-order chi connectivity index (χ1) is 12.1. The van der Waals surface area contributed by atoms with Crippen LogP contribution in [-0.2, 0) is 6.42 Å². The van der Waals surface area contributed by atoms with Crippen molar-refractivity contribution in [3.63, 3.8) is 0 Å². The monoisotopic (exact) mass is 331 g/mol. The smallest absolute Gasteiger partial charge is 0.335 e. The average Bonchev–Trinajstić information content (AvgIpc) is 3.03. The molecule has 1 aliphatic rings. The number of aryl methyl sites for hydroxylation is 1. The fourth-order valence-electron chi connectivity index (χ4n) is 3.93. The van der Waals surface area contributed by atoms with Crippen LogP contribution in [0.5, 0.6) is 0 Å². The molecule has 1 aromatic heterocycles. The summed E-state index contributed by atoms with van der Waals surface area (Å²) < 4.78 is 2.26. The Balaban J connectivity index is 1.98. The van der Waals surface area contributed by atoms with Crippen molar-refractivity contribution in [3.8, 4) is 16.9 Å². The van der Waals surface area contributed by atoms with Gasteiger partial charge >= 0.3 is 5.97 Å². The van der Waals surface area contributed by atoms with E-state index in [0.29, 0.717) is 11.5 Å². The molecule has 0 aliphatic heterocycles. The molecule has 1 aliphatic carbocycles. The molecule has 0 bridgehead atoms. The lowest BCUT2D eigenvalue weighted by atomic mass is 9.89. The molecule has 2 aromatic carbocycles. The van der Waals surface area contributed by atoms with Crippen LogP contribution in [-0.4, -0.2) is 15.6 Å². The molecule has 126 valence electrons. The van der Waals surface area contributed by atoms with E-state index in [4.69, 9.17) is 0 Å². The van der Waals surface area contributed by atoms with Crippen LogP contribution in [0, 0.1) is 0 Å². The molecule has 1 atom stereocenters. The van der Waals surface area contributed by atoms with E-state index < -0.39 is 5.97 Å². The molecule has 0 saturated carbocycles. The van der Waals surface area contributed by atoms with E-state index in [-0.39, 0.29) is 0 Å². The van der Waals surface area contributed by atoms with Crippen LogP contribution < -0.4 is 0 Å². The standard InChI is InChI=1S/C22H21NO2/c1-15-7-5-10-17-14-20(16-8-3-2-4-9-16)23(21(15)17)19-12-6-11-18(13-19)22(24)25/h2-4,6,8-9,11-15H,5,7,10H2,1H3,(H,24,25). The zero-order chi connectivity index (χ0) is 17.4. The molecular formula is C22H21NO2. The maximum atomic E-state index is 11.4. The van der Waals surface area contributed by atoms with Crippen LogP contribution >= 0.6 is 0 Å². The second-order valence-corrected chi connectivity index (χ2v) is 6.79. The van der Waals surface area contributed by atoms with E-state index >= 15 is 0 Å². The quantitative estimate of drug-likeness (QED) is 0.709. The Labute approximate surface area is 147 Å². The number of nitrogens with zero attached hydrogens (tertiary/aromatic N) is 1. The summed E-state index contributed by atoms with van der Waals surface area (Å²) in [4.78, 5) is 11.4. The summed E-state index contributed by atoms with van der Waals surface area (Å²) in [6.45, 7) is 2.27. The highest BCUT2D eigenvalue weighted by Crippen LogP contribution is 2.39. The number of carbonyl (C=O) groups is 1. The molecule has 1 unspecified atom stereocenters. The molecule has 3 heteroatoms. The van der Waals surface area contributed by atoms with Gasteiger partial charge in [0.2, 0.25) is 0 Å². The third-order valence-corrected chi connectivity index (χ3v) is 5.09. The van der Waals surface area contributed by atoms with Crippen LogP contribution in [0.15, 0.2) is 60.7 Å². The Hall–Kier alpha value is -2.81. The maximum Gasteiger partial charge on any atom is 0.335 e. The van der Waals surface area contributed by atoms with Gasteiger partial charge in [-0.1, -0.05) is 43.3 Å². The molecule has 1 heterocycles. The molecule has 0 fully saturated rings. The first-order valence-corrected chi connectivity index (χ1v) is 8.79. The molecule has 0 saturated heterocycles. The maximum absolute atomic E-state index is 11.4. The summed E-state index contributed by atoms with van der Waals surface area (Å²) in [7, 11) is 0. The highest BCUT2D eigenvalue weighted by Gasteiger charge is 2.25. The zero-order valence-corrected chi connectivity index (χ0v) is 14.3. The van der Waals surface area contributed by atoms with Gasteiger partial charge in [0.05, 0.1) is 11.3 Å². The number of aromatic carboxylic acids is 1. The van der Waals surface area contributed by atoms with Gasteiger partial charge in [-0.05, 0) is 60.6 Å². The minimum absolute atomic E-state index is 0.322. The average molecular weight is 331 g/mol. The molecule has 3 aromatic rings. The fraction of sp³-hybridized carbons (Fsp3) is 0.227. The van der Waals surface area contributed by atoms with Crippen molar-refractivity contribution in [2.75, 3.05) is 0 Å². The Morgan fingerprint density at radius 2 is 1.88 bits per heavy atom. The normalized spacial score (nSPS) is 16.4. The second-order valence-electron chi connectivity index (χ2n) is 6.79. The van der Waals surface area contributed by atoms with E-state index in [2.05, 4.69) is 29.7 Å². The van der Waals surface area contributed by atoms with E-state index in [1.165, 1.54) is 24.1 Å². The van der Waals surface area contributed by atoms with Crippen LogP contribution in [0.25, 0.3) is 16.9 Å². The van der Waals surface area contributed by atoms with Crippen molar-refractivity contribution < 1.29 is 9.90 Å². The molecular weight excluding hydrogens is 310 g/mol. The molecule has 3 nitrogen and oxygen atoms in total. The number of hydrogen-bond donors (Lipinski definition) is 1. The third-order valence-electron chi connectivity index (χ3n) is 5.09. The SMILES string of the molecule is CC1CCCc2cc(-c3ccccc3)n(-c3cccc(C(=O)O)c3)c21. The van der Waals surface area contributed by atoms with E-state index in [0.717, 1.165) is 23.4 Å². The summed E-state index contributed by atoms with van der Waals surface area (Å²) in [5.74, 6) is -0.424. The van der Waals surface area contributed by atoms with Gasteiger partial charge in [0.15, 0.2) is 0 Å². The Bertz CT molecular complexity index is 924. The van der Waals surface area contributed by atoms with Crippen molar-refractivity contribution in [2.45, 2.75) is 32.1 Å². The molecule has 25 heavy (non-hydrogen) atoms. The summed E-state index contributed by atoms with van der Waals surface area (Å²) in [6.07, 6.45) is 3.47. The molecule has 0 spiro atoms. The van der Waals surface area contributed by atoms with Crippen molar-refractivity contribution in [3.05, 3.63) is 77.5 Å². The van der Waals surface area contributed by atoms with E-state index in [1.807, 2.05) is 30.3 Å². The van der Waals surface area contributed by atoms with Crippen LogP contribution in [0.4, 0.5) is 0 Å². The third kappa shape index (κ3) is 2.76. The highest BCUT2D eigenvalue weighted by molar-refractivity contribution is 5.88. The van der Waals surface area contributed by atoms with Crippen molar-refractivity contribution in [1.29, 1.82) is 0 Å². The summed E-state index contributed by atoms with van der Waals surface area (Å²) in [6, 6.07) is 19.9. The van der Waals surface area contributed by atoms with Gasteiger partial charge in [-0.3, -0.25) is 0 Å². The number of carboxylic acids is 1. The number of benzene rings is 2. The number of hydrogen-bond acceptors (Lipinski definition) is 1. The number of aromatic nitrogens is 1. The predicted molar refractivity (Wildman–Crippen MR) is 99.5 cm³/mol. The topological polar surface area (TPSA) is 42.2 Å². The Morgan fingerprint density at radius 3 is 2.64 bits per heavy atom. The van der Waals surface area contributed by atoms with Crippen molar-refractivity contribution in [1.82, 2.24) is 4.57 Å². The van der Waals surface area contributed by atoms with Crippen molar-refractivity contribution in [2.24, 2.45) is 0 Å². The Morgan fingerprint density at radius 1 is 1.08 bits per heavy atom. The molecule has 0 amide bonds. The first kappa shape index (κ1) is 15.7. The van der Waals surface area contributed by atoms with Crippen LogP contribution in [0.2, 0.25) is 0 Å². The lowest BCUT2D eigenvalue weighted by molar-refractivity contribution is 0.0697. The van der Waals surface area contributed by atoms with Gasteiger partial charge in [-0.25, -0.2) is 4.79 Å². The second kappa shape index (κ2) is 6.25. The fourth-order valence-corrected chi connectivity index (χ4v) is 3.93. The lowest BCUT2D eigenvalue weighted by Gasteiger charge is -2.23. The highest BCUT2D eigenvalue weighted by atomic mass is 16.4. The van der Waals surface area contributed by atoms with Gasteiger partial charge in [-0.15, -0.1) is 0 Å². The number of carboxylic acid groups (broad SMARTS) is 1. The van der Waals surface area contributed by atoms with E-state index in [1.54, 1.807) is 12.1 Å². The van der Waals surface area contributed by atoms with Crippen molar-refractivity contribution >= 4 is 5.97 Å². The predicted octanol–water partition coefficient (Wildman–Crippen LogP) is 5.28. The molecule has 0 radical (unpaired) electrons. The molecule has 1 N–H and O–H groups in total. The summed E-state index contributed by atoms with van der Waals surface area (Å²) in [5, 5.41) is 9.37. The van der Waals surface area contributed by atoms with Gasteiger partial charge in [-0.2, -0.15) is 0 Å². The van der Waals surface area contributed by atoms with Crippen LogP contribution in [0.1, 0.15) is 47.3 Å². The van der Waals surface area contributed by atoms with Gasteiger partial charge in [0, 0.05) is 11.4 Å². The minimum Gasteiger partial charge on any atom is -0.478 e. The summed E-state index contributed by atoms with van der Waals surface area (Å²) in [5.41, 5.74) is 6.26. The van der Waals surface area contributed by atoms with E-state index in [9.17, 15) is 9.90 Å². The Kier molecular flexibility index (Phi) is 3.92. The van der Waals surface area contributed by atoms with Gasteiger partial charge in [0.1, 0.15) is 0 Å². The zero-order valence-electron chi connectivity index (χ0n) is 14.3. The van der Waals surface area contributed by atoms with Gasteiger partial charge in [0.25, 0.3) is 0 Å².